The second-order valence-electron chi connectivity index (χ2n) is 5.44. The molecule has 0 aliphatic heterocycles. The highest BCUT2D eigenvalue weighted by molar-refractivity contribution is 7.11. The average Bonchev–Trinajstić information content (AvgIpc) is 3.09. The molecule has 0 aliphatic carbocycles. The van der Waals surface area contributed by atoms with Gasteiger partial charge in [0.15, 0.2) is 0 Å². The van der Waals surface area contributed by atoms with Gasteiger partial charge in [-0.15, -0.1) is 16.4 Å². The summed E-state index contributed by atoms with van der Waals surface area (Å²) in [6, 6.07) is 14.7. The fourth-order valence-electron chi connectivity index (χ4n) is 2.39. The quantitative estimate of drug-likeness (QED) is 0.711. The minimum atomic E-state index is 0.396. The van der Waals surface area contributed by atoms with E-state index in [1.807, 2.05) is 22.1 Å². The Kier molecular flexibility index (Phi) is 4.15. The summed E-state index contributed by atoms with van der Waals surface area (Å²) in [6.07, 6.45) is 3.10. The minimum Gasteiger partial charge on any atom is -0.248 e. The number of thiophene rings is 1. The standard InChI is InChI=1S/C17H19N3S/c1-13(10-16-9-8-14(2)21-16)17-12-20(19-18-17)11-15-6-4-3-5-7-15/h3-9,12-13H,10-11H2,1-2H3. The molecule has 0 amide bonds. The van der Waals surface area contributed by atoms with Crippen LogP contribution in [0, 0.1) is 6.92 Å². The smallest absolute Gasteiger partial charge is 0.0858 e. The van der Waals surface area contributed by atoms with Gasteiger partial charge in [-0.1, -0.05) is 42.5 Å². The monoisotopic (exact) mass is 297 g/mol. The summed E-state index contributed by atoms with van der Waals surface area (Å²) in [5.41, 5.74) is 2.31. The molecule has 4 heteroatoms. The van der Waals surface area contributed by atoms with E-state index in [4.69, 9.17) is 0 Å². The predicted octanol–water partition coefficient (Wildman–Crippen LogP) is 4.04. The van der Waals surface area contributed by atoms with Crippen LogP contribution in [0.5, 0.6) is 0 Å². The molecule has 0 N–H and O–H groups in total. The van der Waals surface area contributed by atoms with E-state index in [-0.39, 0.29) is 0 Å². The van der Waals surface area contributed by atoms with Crippen LogP contribution in [0.4, 0.5) is 0 Å². The lowest BCUT2D eigenvalue weighted by Gasteiger charge is -2.05. The minimum absolute atomic E-state index is 0.396. The topological polar surface area (TPSA) is 30.7 Å². The third kappa shape index (κ3) is 3.58. The number of nitrogens with zero attached hydrogens (tertiary/aromatic N) is 3. The molecule has 0 radical (unpaired) electrons. The zero-order valence-electron chi connectivity index (χ0n) is 12.4. The molecule has 2 heterocycles. The summed E-state index contributed by atoms with van der Waals surface area (Å²) < 4.78 is 1.92. The maximum Gasteiger partial charge on any atom is 0.0858 e. The molecule has 3 aromatic rings. The maximum absolute atomic E-state index is 4.33. The first kappa shape index (κ1) is 14.0. The zero-order chi connectivity index (χ0) is 14.7. The van der Waals surface area contributed by atoms with E-state index in [0.717, 1.165) is 18.7 Å². The number of aromatic nitrogens is 3. The summed E-state index contributed by atoms with van der Waals surface area (Å²) in [5.74, 6) is 0.396. The lowest BCUT2D eigenvalue weighted by Crippen LogP contribution is -2.00. The van der Waals surface area contributed by atoms with E-state index in [1.54, 1.807) is 0 Å². The lowest BCUT2D eigenvalue weighted by molar-refractivity contribution is 0.648. The van der Waals surface area contributed by atoms with Gasteiger partial charge in [-0.3, -0.25) is 0 Å². The molecule has 0 bridgehead atoms. The van der Waals surface area contributed by atoms with Crippen molar-refractivity contribution in [2.45, 2.75) is 32.7 Å². The molecule has 0 saturated heterocycles. The highest BCUT2D eigenvalue weighted by Crippen LogP contribution is 2.23. The van der Waals surface area contributed by atoms with Crippen molar-refractivity contribution in [1.82, 2.24) is 15.0 Å². The summed E-state index contributed by atoms with van der Waals surface area (Å²) in [5, 5.41) is 8.58. The Balaban J connectivity index is 1.66. The van der Waals surface area contributed by atoms with E-state index >= 15 is 0 Å². The van der Waals surface area contributed by atoms with Crippen molar-refractivity contribution in [3.8, 4) is 0 Å². The van der Waals surface area contributed by atoms with Crippen molar-refractivity contribution in [3.05, 3.63) is 69.7 Å². The Hall–Kier alpha value is -1.94. The van der Waals surface area contributed by atoms with Gasteiger partial charge in [-0.25, -0.2) is 4.68 Å². The zero-order valence-corrected chi connectivity index (χ0v) is 13.2. The first-order valence-electron chi connectivity index (χ1n) is 7.20. The molecule has 108 valence electrons. The summed E-state index contributed by atoms with van der Waals surface area (Å²) in [7, 11) is 0. The lowest BCUT2D eigenvalue weighted by atomic mass is 10.0. The van der Waals surface area contributed by atoms with Gasteiger partial charge >= 0.3 is 0 Å². The van der Waals surface area contributed by atoms with Crippen LogP contribution in [0.15, 0.2) is 48.7 Å². The number of aryl methyl sites for hydroxylation is 1. The van der Waals surface area contributed by atoms with Gasteiger partial charge in [-0.05, 0) is 31.0 Å². The Morgan fingerprint density at radius 3 is 2.67 bits per heavy atom. The molecule has 0 saturated carbocycles. The van der Waals surface area contributed by atoms with Crippen molar-refractivity contribution >= 4 is 11.3 Å². The van der Waals surface area contributed by atoms with Crippen LogP contribution in [0.25, 0.3) is 0 Å². The number of benzene rings is 1. The van der Waals surface area contributed by atoms with Gasteiger partial charge in [-0.2, -0.15) is 0 Å². The van der Waals surface area contributed by atoms with Crippen molar-refractivity contribution < 1.29 is 0 Å². The normalized spacial score (nSPS) is 12.5. The van der Waals surface area contributed by atoms with Crippen molar-refractivity contribution in [1.29, 1.82) is 0 Å². The van der Waals surface area contributed by atoms with Crippen molar-refractivity contribution in [2.75, 3.05) is 0 Å². The number of hydrogen-bond acceptors (Lipinski definition) is 3. The molecule has 0 aliphatic rings. The molecule has 1 unspecified atom stereocenters. The van der Waals surface area contributed by atoms with E-state index in [2.05, 4.69) is 66.8 Å². The SMILES string of the molecule is Cc1ccc(CC(C)c2cn(Cc3ccccc3)nn2)s1. The second-order valence-corrected chi connectivity index (χ2v) is 6.82. The largest absolute Gasteiger partial charge is 0.248 e. The second kappa shape index (κ2) is 6.22. The highest BCUT2D eigenvalue weighted by atomic mass is 32.1. The molecule has 1 aromatic carbocycles. The van der Waals surface area contributed by atoms with Gasteiger partial charge in [0.25, 0.3) is 0 Å². The molecule has 3 nitrogen and oxygen atoms in total. The van der Waals surface area contributed by atoms with E-state index in [9.17, 15) is 0 Å². The molecule has 0 spiro atoms. The third-order valence-corrected chi connectivity index (χ3v) is 4.58. The molecule has 3 rings (SSSR count). The van der Waals surface area contributed by atoms with Crippen LogP contribution in [-0.2, 0) is 13.0 Å². The Bertz CT molecular complexity index is 700. The van der Waals surface area contributed by atoms with E-state index in [0.29, 0.717) is 5.92 Å². The first-order chi connectivity index (χ1) is 10.2. The third-order valence-electron chi connectivity index (χ3n) is 3.55. The van der Waals surface area contributed by atoms with Crippen molar-refractivity contribution in [2.24, 2.45) is 0 Å². The van der Waals surface area contributed by atoms with Gasteiger partial charge in [0, 0.05) is 21.9 Å². The van der Waals surface area contributed by atoms with Crippen LogP contribution in [0.1, 0.15) is 33.9 Å². The summed E-state index contributed by atoms with van der Waals surface area (Å²) in [4.78, 5) is 2.78. The maximum atomic E-state index is 4.33. The molecule has 0 fully saturated rings. The summed E-state index contributed by atoms with van der Waals surface area (Å²) in [6.45, 7) is 5.14. The van der Waals surface area contributed by atoms with Crippen LogP contribution in [-0.4, -0.2) is 15.0 Å². The van der Waals surface area contributed by atoms with Crippen molar-refractivity contribution in [3.63, 3.8) is 0 Å². The van der Waals surface area contributed by atoms with Gasteiger partial charge in [0.1, 0.15) is 0 Å². The van der Waals surface area contributed by atoms with Gasteiger partial charge in [0.2, 0.25) is 0 Å². The fourth-order valence-corrected chi connectivity index (χ4v) is 3.41. The predicted molar refractivity (Wildman–Crippen MR) is 86.7 cm³/mol. The molecular weight excluding hydrogens is 278 g/mol. The highest BCUT2D eigenvalue weighted by Gasteiger charge is 2.12. The van der Waals surface area contributed by atoms with Crippen LogP contribution < -0.4 is 0 Å². The Morgan fingerprint density at radius 1 is 1.14 bits per heavy atom. The Morgan fingerprint density at radius 2 is 1.95 bits per heavy atom. The van der Waals surface area contributed by atoms with Crippen LogP contribution in [0.3, 0.4) is 0 Å². The fraction of sp³-hybridized carbons (Fsp3) is 0.294. The van der Waals surface area contributed by atoms with Crippen LogP contribution >= 0.6 is 11.3 Å². The van der Waals surface area contributed by atoms with Gasteiger partial charge < -0.3 is 0 Å². The van der Waals surface area contributed by atoms with E-state index in [1.165, 1.54) is 15.3 Å². The Labute approximate surface area is 129 Å². The van der Waals surface area contributed by atoms with Gasteiger partial charge in [0.05, 0.1) is 12.2 Å². The van der Waals surface area contributed by atoms with E-state index < -0.39 is 0 Å². The number of hydrogen-bond donors (Lipinski definition) is 0. The molecule has 21 heavy (non-hydrogen) atoms. The summed E-state index contributed by atoms with van der Waals surface area (Å²) >= 11 is 1.87. The molecule has 2 aromatic heterocycles. The van der Waals surface area contributed by atoms with Crippen LogP contribution in [0.2, 0.25) is 0 Å². The first-order valence-corrected chi connectivity index (χ1v) is 8.01. The average molecular weight is 297 g/mol. The number of rotatable bonds is 5. The molecule has 1 atom stereocenters. The molecular formula is C17H19N3S.